The molecule has 0 atom stereocenters. The van der Waals surface area contributed by atoms with Crippen LogP contribution >= 0.6 is 0 Å². The van der Waals surface area contributed by atoms with Crippen LogP contribution in [0, 0.1) is 11.3 Å². The maximum absolute atomic E-state index is 11.8. The number of rotatable bonds is 1. The lowest BCUT2D eigenvalue weighted by molar-refractivity contribution is 1.14. The number of pyridine rings is 1. The first-order chi connectivity index (χ1) is 7.27. The quantitative estimate of drug-likeness (QED) is 0.761. The van der Waals surface area contributed by atoms with Crippen molar-refractivity contribution in [3.8, 4) is 6.07 Å². The number of aromatic amines is 1. The molecule has 0 radical (unpaired) electrons. The first kappa shape index (κ1) is 9.47. The summed E-state index contributed by atoms with van der Waals surface area (Å²) in [7, 11) is 0. The van der Waals surface area contributed by atoms with Crippen molar-refractivity contribution in [2.75, 3.05) is 0 Å². The molecule has 0 saturated carbocycles. The molecule has 2 aromatic rings. The molecule has 2 rings (SSSR count). The van der Waals surface area contributed by atoms with Gasteiger partial charge in [-0.25, -0.2) is 0 Å². The van der Waals surface area contributed by atoms with Gasteiger partial charge in [0.25, 0.3) is 0 Å². The van der Waals surface area contributed by atoms with Gasteiger partial charge in [-0.1, -0.05) is 19.1 Å². The number of aromatic nitrogens is 1. The molecule has 3 nitrogen and oxygen atoms in total. The lowest BCUT2D eigenvalue weighted by Gasteiger charge is -2.03. The Morgan fingerprint density at radius 1 is 1.47 bits per heavy atom. The summed E-state index contributed by atoms with van der Waals surface area (Å²) in [6.45, 7) is 2.03. The molecule has 0 aliphatic rings. The van der Waals surface area contributed by atoms with E-state index in [0.29, 0.717) is 5.39 Å². The summed E-state index contributed by atoms with van der Waals surface area (Å²) in [5.74, 6) is 0. The number of H-pyrrole nitrogens is 1. The fraction of sp³-hybridized carbons (Fsp3) is 0.167. The Bertz CT molecular complexity index is 605. The van der Waals surface area contributed by atoms with Gasteiger partial charge in [0.2, 0.25) is 5.43 Å². The standard InChI is InChI=1S/C12H10N2O/c1-2-8-4-3-5-10-11(8)14-7-9(6-13)12(10)15/h3-5,7H,2H2,1H3,(H,14,15). The summed E-state index contributed by atoms with van der Waals surface area (Å²) in [6, 6.07) is 7.45. The highest BCUT2D eigenvalue weighted by atomic mass is 16.1. The molecule has 1 N–H and O–H groups in total. The summed E-state index contributed by atoms with van der Waals surface area (Å²) in [6.07, 6.45) is 2.34. The van der Waals surface area contributed by atoms with Gasteiger partial charge in [0, 0.05) is 11.6 Å². The largest absolute Gasteiger partial charge is 0.359 e. The molecule has 3 heteroatoms. The predicted molar refractivity (Wildman–Crippen MR) is 58.7 cm³/mol. The van der Waals surface area contributed by atoms with Gasteiger partial charge in [-0.15, -0.1) is 0 Å². The third-order valence-corrected chi connectivity index (χ3v) is 2.50. The van der Waals surface area contributed by atoms with E-state index in [0.717, 1.165) is 17.5 Å². The molecule has 1 aromatic carbocycles. The summed E-state index contributed by atoms with van der Waals surface area (Å²) >= 11 is 0. The topological polar surface area (TPSA) is 56.6 Å². The number of hydrogen-bond acceptors (Lipinski definition) is 2. The average Bonchev–Trinajstić information content (AvgIpc) is 2.29. The van der Waals surface area contributed by atoms with Crippen LogP contribution < -0.4 is 5.43 Å². The van der Waals surface area contributed by atoms with Crippen LogP contribution in [0.2, 0.25) is 0 Å². The number of benzene rings is 1. The molecule has 1 heterocycles. The van der Waals surface area contributed by atoms with Gasteiger partial charge in [0.05, 0.1) is 5.52 Å². The lowest BCUT2D eigenvalue weighted by Crippen LogP contribution is -2.07. The zero-order valence-corrected chi connectivity index (χ0v) is 8.37. The van der Waals surface area contributed by atoms with Crippen molar-refractivity contribution in [2.24, 2.45) is 0 Å². The Balaban J connectivity index is 2.92. The molecular formula is C12H10N2O. The maximum atomic E-state index is 11.8. The maximum Gasteiger partial charge on any atom is 0.207 e. The number of nitriles is 1. The number of nitrogens with zero attached hydrogens (tertiary/aromatic N) is 1. The highest BCUT2D eigenvalue weighted by molar-refractivity contribution is 5.82. The minimum absolute atomic E-state index is 0.163. The van der Waals surface area contributed by atoms with Crippen molar-refractivity contribution in [1.82, 2.24) is 4.98 Å². The van der Waals surface area contributed by atoms with Gasteiger partial charge in [0.1, 0.15) is 11.6 Å². The van der Waals surface area contributed by atoms with Crippen molar-refractivity contribution in [3.63, 3.8) is 0 Å². The van der Waals surface area contributed by atoms with Crippen molar-refractivity contribution in [2.45, 2.75) is 13.3 Å². The molecule has 1 aromatic heterocycles. The van der Waals surface area contributed by atoms with Crippen LogP contribution in [0.3, 0.4) is 0 Å². The van der Waals surface area contributed by atoms with Gasteiger partial charge in [-0.2, -0.15) is 5.26 Å². The molecule has 0 amide bonds. The van der Waals surface area contributed by atoms with Crippen molar-refractivity contribution in [3.05, 3.63) is 45.7 Å². The zero-order chi connectivity index (χ0) is 10.8. The highest BCUT2D eigenvalue weighted by Gasteiger charge is 2.06. The number of para-hydroxylation sites is 1. The monoisotopic (exact) mass is 198 g/mol. The average molecular weight is 198 g/mol. The number of hydrogen-bond donors (Lipinski definition) is 1. The first-order valence-electron chi connectivity index (χ1n) is 4.81. The molecule has 0 aliphatic heterocycles. The van der Waals surface area contributed by atoms with Crippen LogP contribution in [-0.2, 0) is 6.42 Å². The predicted octanol–water partition coefficient (Wildman–Crippen LogP) is 1.96. The molecule has 0 unspecified atom stereocenters. The van der Waals surface area contributed by atoms with Gasteiger partial charge in [-0.05, 0) is 18.1 Å². The molecular weight excluding hydrogens is 188 g/mol. The van der Waals surface area contributed by atoms with Gasteiger partial charge >= 0.3 is 0 Å². The van der Waals surface area contributed by atoms with Crippen LogP contribution in [0.15, 0.2) is 29.2 Å². The number of fused-ring (bicyclic) bond motifs is 1. The molecule has 15 heavy (non-hydrogen) atoms. The molecule has 0 spiro atoms. The molecule has 74 valence electrons. The van der Waals surface area contributed by atoms with E-state index in [-0.39, 0.29) is 11.0 Å². The van der Waals surface area contributed by atoms with Gasteiger partial charge < -0.3 is 4.98 Å². The summed E-state index contributed by atoms with van der Waals surface area (Å²) in [5, 5.41) is 9.33. The third-order valence-electron chi connectivity index (χ3n) is 2.50. The SMILES string of the molecule is CCc1cccc2c(=O)c(C#N)c[nH]c12. The van der Waals surface area contributed by atoms with E-state index in [2.05, 4.69) is 4.98 Å². The van der Waals surface area contributed by atoms with E-state index in [1.807, 2.05) is 25.1 Å². The molecule has 0 fully saturated rings. The second kappa shape index (κ2) is 3.58. The van der Waals surface area contributed by atoms with E-state index in [1.54, 1.807) is 6.07 Å². The Morgan fingerprint density at radius 2 is 2.27 bits per heavy atom. The van der Waals surface area contributed by atoms with E-state index in [9.17, 15) is 4.79 Å². The Morgan fingerprint density at radius 3 is 2.93 bits per heavy atom. The zero-order valence-electron chi connectivity index (χ0n) is 8.37. The Labute approximate surface area is 87.0 Å². The van der Waals surface area contributed by atoms with Crippen molar-refractivity contribution < 1.29 is 0 Å². The fourth-order valence-electron chi connectivity index (χ4n) is 1.69. The minimum atomic E-state index is -0.193. The van der Waals surface area contributed by atoms with Crippen molar-refractivity contribution in [1.29, 1.82) is 5.26 Å². The second-order valence-corrected chi connectivity index (χ2v) is 3.34. The Hall–Kier alpha value is -2.08. The van der Waals surface area contributed by atoms with Gasteiger partial charge in [0.15, 0.2) is 0 Å². The van der Waals surface area contributed by atoms with Crippen LogP contribution in [0.25, 0.3) is 10.9 Å². The van der Waals surface area contributed by atoms with E-state index in [1.165, 1.54) is 6.20 Å². The fourth-order valence-corrected chi connectivity index (χ4v) is 1.69. The first-order valence-corrected chi connectivity index (χ1v) is 4.81. The molecule has 0 bridgehead atoms. The van der Waals surface area contributed by atoms with Crippen LogP contribution in [-0.4, -0.2) is 4.98 Å². The summed E-state index contributed by atoms with van der Waals surface area (Å²) < 4.78 is 0. The number of nitrogens with one attached hydrogen (secondary N) is 1. The molecule has 0 aliphatic carbocycles. The molecule has 0 saturated heterocycles. The van der Waals surface area contributed by atoms with E-state index < -0.39 is 0 Å². The normalized spacial score (nSPS) is 10.1. The van der Waals surface area contributed by atoms with E-state index >= 15 is 0 Å². The Kier molecular flexibility index (Phi) is 2.26. The van der Waals surface area contributed by atoms with Crippen LogP contribution in [0.1, 0.15) is 18.1 Å². The highest BCUT2D eigenvalue weighted by Crippen LogP contribution is 2.13. The van der Waals surface area contributed by atoms with E-state index in [4.69, 9.17) is 5.26 Å². The summed E-state index contributed by atoms with van der Waals surface area (Å²) in [4.78, 5) is 14.8. The summed E-state index contributed by atoms with van der Waals surface area (Å²) in [5.41, 5.74) is 1.90. The van der Waals surface area contributed by atoms with Crippen LogP contribution in [0.4, 0.5) is 0 Å². The smallest absolute Gasteiger partial charge is 0.207 e. The lowest BCUT2D eigenvalue weighted by atomic mass is 10.1. The van der Waals surface area contributed by atoms with Crippen LogP contribution in [0.5, 0.6) is 0 Å². The third kappa shape index (κ3) is 1.40. The van der Waals surface area contributed by atoms with Gasteiger partial charge in [-0.3, -0.25) is 4.79 Å². The van der Waals surface area contributed by atoms with Crippen molar-refractivity contribution >= 4 is 10.9 Å². The number of aryl methyl sites for hydroxylation is 1. The minimum Gasteiger partial charge on any atom is -0.359 e. The second-order valence-electron chi connectivity index (χ2n) is 3.34.